The van der Waals surface area contributed by atoms with Crippen LogP contribution in [-0.4, -0.2) is 14.5 Å². The maximum Gasteiger partial charge on any atom is 0.123 e. The normalized spacial score (nSPS) is 10.7. The van der Waals surface area contributed by atoms with Gasteiger partial charge in [0.25, 0.3) is 0 Å². The molecular weight excluding hydrogens is 316 g/mol. The topological polar surface area (TPSA) is 56.7 Å². The highest BCUT2D eigenvalue weighted by Gasteiger charge is 2.06. The van der Waals surface area contributed by atoms with E-state index in [-0.39, 0.29) is 0 Å². The number of nitrogen functional groups attached to an aromatic ring is 1. The Labute approximate surface area is 125 Å². The molecule has 2 aromatic heterocycles. The molecule has 0 spiro atoms. The molecule has 2 heterocycles. The maximum absolute atomic E-state index is 5.74. The van der Waals surface area contributed by atoms with Crippen LogP contribution in [0.1, 0.15) is 5.56 Å². The lowest BCUT2D eigenvalue weighted by Crippen LogP contribution is -2.01. The Balaban J connectivity index is 1.94. The minimum absolute atomic E-state index is 0.512. The van der Waals surface area contributed by atoms with E-state index in [4.69, 9.17) is 5.73 Å². The van der Waals surface area contributed by atoms with Crippen molar-refractivity contribution < 1.29 is 0 Å². The minimum Gasteiger partial charge on any atom is -0.384 e. The number of halogens is 1. The molecule has 0 unspecified atom stereocenters. The number of nitrogens with zero attached hydrogens (tertiary/aromatic N) is 3. The number of anilines is 1. The predicted molar refractivity (Wildman–Crippen MR) is 83.1 cm³/mol. The molecule has 20 heavy (non-hydrogen) atoms. The first-order chi connectivity index (χ1) is 9.72. The van der Waals surface area contributed by atoms with E-state index >= 15 is 0 Å². The quantitative estimate of drug-likeness (QED) is 0.802. The summed E-state index contributed by atoms with van der Waals surface area (Å²) >= 11 is 3.49. The predicted octanol–water partition coefficient (Wildman–Crippen LogP) is 3.34. The van der Waals surface area contributed by atoms with E-state index in [1.165, 1.54) is 5.56 Å². The largest absolute Gasteiger partial charge is 0.384 e. The van der Waals surface area contributed by atoms with Crippen molar-refractivity contribution in [3.05, 3.63) is 65.2 Å². The molecular formula is C15H13BrN4. The molecule has 3 rings (SSSR count). The Bertz CT molecular complexity index is 736. The summed E-state index contributed by atoms with van der Waals surface area (Å²) in [7, 11) is 0. The lowest BCUT2D eigenvalue weighted by Gasteiger charge is -2.09. The Morgan fingerprint density at radius 2 is 2.10 bits per heavy atom. The van der Waals surface area contributed by atoms with Crippen molar-refractivity contribution in [3.8, 4) is 11.3 Å². The van der Waals surface area contributed by atoms with E-state index in [9.17, 15) is 0 Å². The average molecular weight is 329 g/mol. The third kappa shape index (κ3) is 2.72. The summed E-state index contributed by atoms with van der Waals surface area (Å²) in [5.41, 5.74) is 8.99. The standard InChI is InChI=1S/C15H13BrN4/c16-13-3-1-2-11(6-13)9-20-10-18-8-14(20)12-4-5-19-15(17)7-12/h1-8,10H,9H2,(H2,17,19). The van der Waals surface area contributed by atoms with Crippen molar-refractivity contribution >= 4 is 21.7 Å². The van der Waals surface area contributed by atoms with Gasteiger partial charge in [-0.25, -0.2) is 9.97 Å². The van der Waals surface area contributed by atoms with E-state index in [2.05, 4.69) is 42.6 Å². The number of imidazole rings is 1. The van der Waals surface area contributed by atoms with Gasteiger partial charge in [-0.1, -0.05) is 28.1 Å². The van der Waals surface area contributed by atoms with E-state index in [1.54, 1.807) is 6.20 Å². The van der Waals surface area contributed by atoms with Crippen LogP contribution in [0.5, 0.6) is 0 Å². The highest BCUT2D eigenvalue weighted by atomic mass is 79.9. The van der Waals surface area contributed by atoms with Gasteiger partial charge in [-0.2, -0.15) is 0 Å². The van der Waals surface area contributed by atoms with Crippen LogP contribution in [0.3, 0.4) is 0 Å². The molecule has 0 fully saturated rings. The third-order valence-corrected chi connectivity index (χ3v) is 3.52. The van der Waals surface area contributed by atoms with E-state index in [0.717, 1.165) is 22.3 Å². The van der Waals surface area contributed by atoms with E-state index in [1.807, 2.05) is 36.8 Å². The van der Waals surface area contributed by atoms with Gasteiger partial charge in [-0.3, -0.25) is 0 Å². The van der Waals surface area contributed by atoms with Gasteiger partial charge in [0.05, 0.1) is 18.2 Å². The van der Waals surface area contributed by atoms with Gasteiger partial charge < -0.3 is 10.3 Å². The van der Waals surface area contributed by atoms with Crippen molar-refractivity contribution in [2.75, 3.05) is 5.73 Å². The molecule has 0 saturated heterocycles. The number of hydrogen-bond donors (Lipinski definition) is 1. The lowest BCUT2D eigenvalue weighted by molar-refractivity contribution is 0.804. The van der Waals surface area contributed by atoms with Gasteiger partial charge in [0.2, 0.25) is 0 Å². The molecule has 100 valence electrons. The fraction of sp³-hybridized carbons (Fsp3) is 0.0667. The Morgan fingerprint density at radius 3 is 2.90 bits per heavy atom. The van der Waals surface area contributed by atoms with Crippen molar-refractivity contribution in [1.29, 1.82) is 0 Å². The van der Waals surface area contributed by atoms with Gasteiger partial charge in [0.15, 0.2) is 0 Å². The molecule has 3 aromatic rings. The number of nitrogens with two attached hydrogens (primary N) is 1. The van der Waals surface area contributed by atoms with Crippen LogP contribution in [-0.2, 0) is 6.54 Å². The van der Waals surface area contributed by atoms with Crippen molar-refractivity contribution in [3.63, 3.8) is 0 Å². The van der Waals surface area contributed by atoms with Crippen LogP contribution < -0.4 is 5.73 Å². The third-order valence-electron chi connectivity index (χ3n) is 3.03. The molecule has 4 nitrogen and oxygen atoms in total. The van der Waals surface area contributed by atoms with Gasteiger partial charge in [-0.05, 0) is 29.8 Å². The SMILES string of the molecule is Nc1cc(-c2cncn2Cc2cccc(Br)c2)ccn1. The number of aromatic nitrogens is 3. The summed E-state index contributed by atoms with van der Waals surface area (Å²) in [6.07, 6.45) is 5.38. The molecule has 0 bridgehead atoms. The maximum atomic E-state index is 5.74. The lowest BCUT2D eigenvalue weighted by atomic mass is 10.2. The van der Waals surface area contributed by atoms with Crippen molar-refractivity contribution in [1.82, 2.24) is 14.5 Å². The second-order valence-electron chi connectivity index (χ2n) is 4.51. The fourth-order valence-corrected chi connectivity index (χ4v) is 2.57. The molecule has 0 aliphatic rings. The van der Waals surface area contributed by atoms with Crippen LogP contribution >= 0.6 is 15.9 Å². The average Bonchev–Trinajstić information content (AvgIpc) is 2.87. The Kier molecular flexibility index (Phi) is 3.52. The molecule has 5 heteroatoms. The first kappa shape index (κ1) is 12.9. The molecule has 2 N–H and O–H groups in total. The molecule has 0 amide bonds. The second kappa shape index (κ2) is 5.46. The number of rotatable bonds is 3. The number of pyridine rings is 1. The summed E-state index contributed by atoms with van der Waals surface area (Å²) in [5.74, 6) is 0.512. The smallest absolute Gasteiger partial charge is 0.123 e. The van der Waals surface area contributed by atoms with E-state index < -0.39 is 0 Å². The first-order valence-corrected chi connectivity index (χ1v) is 6.98. The highest BCUT2D eigenvalue weighted by molar-refractivity contribution is 9.10. The molecule has 0 aliphatic carbocycles. The Hall–Kier alpha value is -2.14. The Morgan fingerprint density at radius 1 is 1.20 bits per heavy atom. The zero-order valence-corrected chi connectivity index (χ0v) is 12.3. The first-order valence-electron chi connectivity index (χ1n) is 6.19. The zero-order valence-electron chi connectivity index (χ0n) is 10.7. The summed E-state index contributed by atoms with van der Waals surface area (Å²) in [6, 6.07) is 12.0. The van der Waals surface area contributed by atoms with Gasteiger partial charge in [-0.15, -0.1) is 0 Å². The van der Waals surface area contributed by atoms with Crippen LogP contribution in [0.25, 0.3) is 11.3 Å². The second-order valence-corrected chi connectivity index (χ2v) is 5.42. The monoisotopic (exact) mass is 328 g/mol. The van der Waals surface area contributed by atoms with Gasteiger partial charge >= 0.3 is 0 Å². The van der Waals surface area contributed by atoms with Crippen LogP contribution in [0.15, 0.2) is 59.6 Å². The summed E-state index contributed by atoms with van der Waals surface area (Å²) in [6.45, 7) is 0.761. The van der Waals surface area contributed by atoms with Gasteiger partial charge in [0, 0.05) is 22.8 Å². The summed E-state index contributed by atoms with van der Waals surface area (Å²) in [4.78, 5) is 8.25. The molecule has 0 radical (unpaired) electrons. The summed E-state index contributed by atoms with van der Waals surface area (Å²) in [5, 5.41) is 0. The summed E-state index contributed by atoms with van der Waals surface area (Å²) < 4.78 is 3.17. The molecule has 0 saturated carbocycles. The van der Waals surface area contributed by atoms with Crippen molar-refractivity contribution in [2.45, 2.75) is 6.54 Å². The van der Waals surface area contributed by atoms with Crippen LogP contribution in [0, 0.1) is 0 Å². The van der Waals surface area contributed by atoms with Crippen molar-refractivity contribution in [2.24, 2.45) is 0 Å². The van der Waals surface area contributed by atoms with Crippen LogP contribution in [0.2, 0.25) is 0 Å². The van der Waals surface area contributed by atoms with Gasteiger partial charge in [0.1, 0.15) is 5.82 Å². The minimum atomic E-state index is 0.512. The molecule has 1 aromatic carbocycles. The zero-order chi connectivity index (χ0) is 13.9. The van der Waals surface area contributed by atoms with E-state index in [0.29, 0.717) is 5.82 Å². The molecule has 0 atom stereocenters. The number of hydrogen-bond acceptors (Lipinski definition) is 3. The number of benzene rings is 1. The molecule has 0 aliphatic heterocycles. The fourth-order valence-electron chi connectivity index (χ4n) is 2.13. The highest BCUT2D eigenvalue weighted by Crippen LogP contribution is 2.21. The van der Waals surface area contributed by atoms with Crippen LogP contribution in [0.4, 0.5) is 5.82 Å².